The van der Waals surface area contributed by atoms with E-state index in [0.717, 1.165) is 11.1 Å². The van der Waals surface area contributed by atoms with Crippen molar-refractivity contribution in [1.82, 2.24) is 5.43 Å². The summed E-state index contributed by atoms with van der Waals surface area (Å²) in [7, 11) is 0. The molecule has 3 aromatic rings. The molecule has 0 radical (unpaired) electrons. The fraction of sp³-hybridized carbons (Fsp3) is 0.130. The Labute approximate surface area is 188 Å². The van der Waals surface area contributed by atoms with Gasteiger partial charge in [0.05, 0.1) is 12.8 Å². The zero-order valence-electron chi connectivity index (χ0n) is 16.3. The topological polar surface area (TPSA) is 59.9 Å². The molecule has 3 aromatic carbocycles. The van der Waals surface area contributed by atoms with Gasteiger partial charge < -0.3 is 9.47 Å². The van der Waals surface area contributed by atoms with Gasteiger partial charge in [0, 0.05) is 9.13 Å². The first-order valence-corrected chi connectivity index (χ1v) is 10.4. The highest BCUT2D eigenvalue weighted by molar-refractivity contribution is 14.1. The highest BCUT2D eigenvalue weighted by atomic mass is 127. The van der Waals surface area contributed by atoms with Gasteiger partial charge in [0.15, 0.2) is 11.5 Å². The number of hydrazone groups is 1. The van der Waals surface area contributed by atoms with Crippen molar-refractivity contribution in [2.24, 2.45) is 5.10 Å². The van der Waals surface area contributed by atoms with Crippen LogP contribution >= 0.6 is 22.6 Å². The van der Waals surface area contributed by atoms with Crippen LogP contribution in [0.5, 0.6) is 11.5 Å². The lowest BCUT2D eigenvalue weighted by atomic mass is 10.2. The van der Waals surface area contributed by atoms with E-state index in [0.29, 0.717) is 30.3 Å². The van der Waals surface area contributed by atoms with Crippen LogP contribution in [-0.4, -0.2) is 18.7 Å². The van der Waals surface area contributed by atoms with E-state index in [1.165, 1.54) is 34.1 Å². The Morgan fingerprint density at radius 3 is 2.47 bits per heavy atom. The van der Waals surface area contributed by atoms with E-state index in [4.69, 9.17) is 9.47 Å². The van der Waals surface area contributed by atoms with E-state index in [1.54, 1.807) is 12.1 Å². The van der Waals surface area contributed by atoms with Gasteiger partial charge in [-0.05, 0) is 95.2 Å². The number of halogens is 2. The molecule has 7 heteroatoms. The Morgan fingerprint density at radius 1 is 1.03 bits per heavy atom. The molecule has 0 aromatic heterocycles. The zero-order valence-corrected chi connectivity index (χ0v) is 18.4. The number of nitrogens with one attached hydrogen (secondary N) is 1. The van der Waals surface area contributed by atoms with Crippen LogP contribution in [0.1, 0.15) is 28.4 Å². The Morgan fingerprint density at radius 2 is 1.77 bits per heavy atom. The van der Waals surface area contributed by atoms with Gasteiger partial charge in [-0.3, -0.25) is 4.79 Å². The summed E-state index contributed by atoms with van der Waals surface area (Å²) in [5.41, 5.74) is 4.54. The number of rotatable bonds is 8. The van der Waals surface area contributed by atoms with Gasteiger partial charge in [0.25, 0.3) is 5.91 Å². The Kier molecular flexibility index (Phi) is 7.78. The van der Waals surface area contributed by atoms with Crippen molar-refractivity contribution in [2.45, 2.75) is 13.5 Å². The fourth-order valence-electron chi connectivity index (χ4n) is 2.57. The first-order chi connectivity index (χ1) is 14.5. The van der Waals surface area contributed by atoms with Crippen molar-refractivity contribution in [3.05, 3.63) is 92.8 Å². The van der Waals surface area contributed by atoms with Gasteiger partial charge in [-0.1, -0.05) is 12.1 Å². The van der Waals surface area contributed by atoms with Crippen LogP contribution in [0, 0.1) is 9.39 Å². The Balaban J connectivity index is 1.64. The molecular weight excluding hydrogens is 498 g/mol. The van der Waals surface area contributed by atoms with Crippen LogP contribution in [0.25, 0.3) is 0 Å². The van der Waals surface area contributed by atoms with E-state index in [9.17, 15) is 9.18 Å². The summed E-state index contributed by atoms with van der Waals surface area (Å²) >= 11 is 2.26. The van der Waals surface area contributed by atoms with Crippen LogP contribution in [0.2, 0.25) is 0 Å². The largest absolute Gasteiger partial charge is 0.490 e. The molecule has 5 nitrogen and oxygen atoms in total. The molecule has 0 atom stereocenters. The number of benzene rings is 3. The molecule has 154 valence electrons. The van der Waals surface area contributed by atoms with Crippen molar-refractivity contribution in [3.8, 4) is 11.5 Å². The molecule has 30 heavy (non-hydrogen) atoms. The minimum absolute atomic E-state index is 0.322. The molecule has 3 rings (SSSR count). The number of amides is 1. The smallest absolute Gasteiger partial charge is 0.271 e. The summed E-state index contributed by atoms with van der Waals surface area (Å²) < 4.78 is 25.7. The van der Waals surface area contributed by atoms with E-state index in [-0.39, 0.29) is 0 Å². The quantitative estimate of drug-likeness (QED) is 0.254. The number of carbonyl (C=O) groups excluding carboxylic acids is 1. The summed E-state index contributed by atoms with van der Waals surface area (Å²) in [6.07, 6.45) is 1.51. The lowest BCUT2D eigenvalue weighted by Crippen LogP contribution is -2.17. The second-order valence-corrected chi connectivity index (χ2v) is 7.51. The standard InChI is InChI=1S/C23H20FIN2O3/c1-2-29-22-13-17(14-26-27-23(28)18-6-8-19(24)9-7-18)5-12-21(22)30-15-16-3-10-20(25)11-4-16/h3-14H,2,15H2,1H3,(H,27,28)/b26-14-. The number of hydrogen-bond donors (Lipinski definition) is 1. The van der Waals surface area contributed by atoms with Crippen LogP contribution in [0.15, 0.2) is 71.8 Å². The van der Waals surface area contributed by atoms with Crippen LogP contribution < -0.4 is 14.9 Å². The van der Waals surface area contributed by atoms with Gasteiger partial charge in [-0.2, -0.15) is 5.10 Å². The molecule has 1 amide bonds. The second-order valence-electron chi connectivity index (χ2n) is 6.26. The van der Waals surface area contributed by atoms with E-state index >= 15 is 0 Å². The van der Waals surface area contributed by atoms with Crippen molar-refractivity contribution in [2.75, 3.05) is 6.61 Å². The molecular formula is C23H20FIN2O3. The molecule has 0 aliphatic rings. The molecule has 1 N–H and O–H groups in total. The molecule has 0 fully saturated rings. The lowest BCUT2D eigenvalue weighted by Gasteiger charge is -2.12. The average molecular weight is 518 g/mol. The molecule has 0 saturated carbocycles. The summed E-state index contributed by atoms with van der Waals surface area (Å²) in [6.45, 7) is 2.81. The first kappa shape index (κ1) is 21.8. The Hall–Kier alpha value is -2.94. The minimum atomic E-state index is -0.422. The first-order valence-electron chi connectivity index (χ1n) is 9.28. The third-order valence-electron chi connectivity index (χ3n) is 4.06. The summed E-state index contributed by atoms with van der Waals surface area (Å²) in [5.74, 6) is 0.399. The molecule has 0 saturated heterocycles. The lowest BCUT2D eigenvalue weighted by molar-refractivity contribution is 0.0955. The fourth-order valence-corrected chi connectivity index (χ4v) is 2.93. The SMILES string of the molecule is CCOc1cc(/C=N\NC(=O)c2ccc(F)cc2)ccc1OCc1ccc(I)cc1. The summed E-state index contributed by atoms with van der Waals surface area (Å²) in [4.78, 5) is 12.0. The highest BCUT2D eigenvalue weighted by Gasteiger charge is 2.07. The van der Waals surface area contributed by atoms with Gasteiger partial charge >= 0.3 is 0 Å². The summed E-state index contributed by atoms with van der Waals surface area (Å²) in [5, 5.41) is 3.96. The van der Waals surface area contributed by atoms with Crippen molar-refractivity contribution >= 4 is 34.7 Å². The van der Waals surface area contributed by atoms with Crippen LogP contribution in [0.3, 0.4) is 0 Å². The molecule has 0 unspecified atom stereocenters. The predicted octanol–water partition coefficient (Wildman–Crippen LogP) is 5.17. The average Bonchev–Trinajstić information content (AvgIpc) is 2.75. The summed E-state index contributed by atoms with van der Waals surface area (Å²) in [6, 6.07) is 18.8. The predicted molar refractivity (Wildman–Crippen MR) is 123 cm³/mol. The van der Waals surface area contributed by atoms with E-state index in [1.807, 2.05) is 37.3 Å². The van der Waals surface area contributed by atoms with Gasteiger partial charge in [0.1, 0.15) is 12.4 Å². The number of nitrogens with zero attached hydrogens (tertiary/aromatic N) is 1. The van der Waals surface area contributed by atoms with E-state index in [2.05, 4.69) is 33.1 Å². The normalized spacial score (nSPS) is 10.8. The van der Waals surface area contributed by atoms with Crippen molar-refractivity contribution in [3.63, 3.8) is 0 Å². The molecule has 0 bridgehead atoms. The van der Waals surface area contributed by atoms with Gasteiger partial charge in [-0.25, -0.2) is 9.82 Å². The molecule has 0 aliphatic heterocycles. The number of carbonyl (C=O) groups is 1. The second kappa shape index (κ2) is 10.7. The minimum Gasteiger partial charge on any atom is -0.490 e. The third kappa shape index (κ3) is 6.28. The third-order valence-corrected chi connectivity index (χ3v) is 4.78. The molecule has 0 aliphatic carbocycles. The van der Waals surface area contributed by atoms with Crippen LogP contribution in [-0.2, 0) is 6.61 Å². The zero-order chi connectivity index (χ0) is 21.3. The van der Waals surface area contributed by atoms with Crippen molar-refractivity contribution < 1.29 is 18.7 Å². The maximum absolute atomic E-state index is 12.9. The maximum Gasteiger partial charge on any atom is 0.271 e. The maximum atomic E-state index is 12.9. The van der Waals surface area contributed by atoms with Crippen LogP contribution in [0.4, 0.5) is 4.39 Å². The monoisotopic (exact) mass is 518 g/mol. The molecule has 0 spiro atoms. The van der Waals surface area contributed by atoms with Gasteiger partial charge in [0.2, 0.25) is 0 Å². The van der Waals surface area contributed by atoms with Gasteiger partial charge in [-0.15, -0.1) is 0 Å². The van der Waals surface area contributed by atoms with Crippen molar-refractivity contribution in [1.29, 1.82) is 0 Å². The highest BCUT2D eigenvalue weighted by Crippen LogP contribution is 2.29. The van der Waals surface area contributed by atoms with E-state index < -0.39 is 11.7 Å². The molecule has 0 heterocycles. The number of ether oxygens (including phenoxy) is 2. The number of hydrogen-bond acceptors (Lipinski definition) is 4. The Bertz CT molecular complexity index is 1020.